The number of aryl methyl sites for hydroxylation is 1. The topological polar surface area (TPSA) is 68.4 Å². The number of rotatable bonds is 4. The first-order valence-electron chi connectivity index (χ1n) is 7.52. The van der Waals surface area contributed by atoms with Crippen molar-refractivity contribution in [3.63, 3.8) is 0 Å². The number of pyridine rings is 1. The molecule has 0 saturated carbocycles. The Bertz CT molecular complexity index is 959. The third-order valence-corrected chi connectivity index (χ3v) is 3.85. The molecule has 0 spiro atoms. The van der Waals surface area contributed by atoms with Crippen LogP contribution in [0.2, 0.25) is 0 Å². The quantitative estimate of drug-likeness (QED) is 0.749. The van der Waals surface area contributed by atoms with Crippen LogP contribution in [-0.2, 0) is 11.3 Å². The van der Waals surface area contributed by atoms with E-state index in [2.05, 4.69) is 4.98 Å². The maximum Gasteiger partial charge on any atom is 0.342 e. The van der Waals surface area contributed by atoms with Gasteiger partial charge in [-0.05, 0) is 36.1 Å². The van der Waals surface area contributed by atoms with E-state index >= 15 is 0 Å². The molecule has 0 radical (unpaired) electrons. The highest BCUT2D eigenvalue weighted by atomic mass is 16.5. The highest BCUT2D eigenvalue weighted by Crippen LogP contribution is 2.19. The number of aromatic amines is 1. The number of methoxy groups -OCH3 is 1. The number of carbonyl (C=O) groups excluding carboxylic acids is 1. The zero-order valence-electron chi connectivity index (χ0n) is 13.5. The van der Waals surface area contributed by atoms with Gasteiger partial charge in [0, 0.05) is 0 Å². The zero-order chi connectivity index (χ0) is 17.1. The number of ether oxygens (including phenoxy) is 2. The van der Waals surface area contributed by atoms with E-state index in [0.29, 0.717) is 16.9 Å². The SMILES string of the molecule is COc1ccccc1C(=O)OCc1cc2cccc(C)c2[nH]c1=O. The van der Waals surface area contributed by atoms with Gasteiger partial charge in [0.15, 0.2) is 0 Å². The molecule has 3 aromatic rings. The maximum atomic E-state index is 12.2. The Balaban J connectivity index is 1.84. The Morgan fingerprint density at radius 3 is 2.71 bits per heavy atom. The van der Waals surface area contributed by atoms with E-state index in [-0.39, 0.29) is 12.2 Å². The third kappa shape index (κ3) is 3.01. The molecule has 0 aliphatic carbocycles. The van der Waals surface area contributed by atoms with Crippen molar-refractivity contribution in [2.75, 3.05) is 7.11 Å². The fourth-order valence-corrected chi connectivity index (χ4v) is 2.57. The summed E-state index contributed by atoms with van der Waals surface area (Å²) in [4.78, 5) is 27.2. The van der Waals surface area contributed by atoms with Gasteiger partial charge in [-0.2, -0.15) is 0 Å². The van der Waals surface area contributed by atoms with Gasteiger partial charge in [-0.15, -0.1) is 0 Å². The number of hydrogen-bond acceptors (Lipinski definition) is 4. The first-order chi connectivity index (χ1) is 11.6. The summed E-state index contributed by atoms with van der Waals surface area (Å²) >= 11 is 0. The molecule has 24 heavy (non-hydrogen) atoms. The highest BCUT2D eigenvalue weighted by molar-refractivity contribution is 5.92. The lowest BCUT2D eigenvalue weighted by Gasteiger charge is -2.09. The third-order valence-electron chi connectivity index (χ3n) is 3.85. The van der Waals surface area contributed by atoms with Crippen LogP contribution in [0.25, 0.3) is 10.9 Å². The minimum Gasteiger partial charge on any atom is -0.496 e. The lowest BCUT2D eigenvalue weighted by Crippen LogP contribution is -2.16. The van der Waals surface area contributed by atoms with Crippen molar-refractivity contribution in [3.8, 4) is 5.75 Å². The van der Waals surface area contributed by atoms with Gasteiger partial charge in [0.2, 0.25) is 0 Å². The largest absolute Gasteiger partial charge is 0.496 e. The van der Waals surface area contributed by atoms with E-state index in [1.807, 2.05) is 25.1 Å². The van der Waals surface area contributed by atoms with Gasteiger partial charge < -0.3 is 14.5 Å². The number of benzene rings is 2. The van der Waals surface area contributed by atoms with Crippen molar-refractivity contribution < 1.29 is 14.3 Å². The highest BCUT2D eigenvalue weighted by Gasteiger charge is 2.14. The Kier molecular flexibility index (Phi) is 4.33. The Morgan fingerprint density at radius 1 is 1.12 bits per heavy atom. The molecule has 1 aromatic heterocycles. The zero-order valence-corrected chi connectivity index (χ0v) is 13.5. The monoisotopic (exact) mass is 323 g/mol. The molecule has 2 aromatic carbocycles. The van der Waals surface area contributed by atoms with Crippen LogP contribution < -0.4 is 10.3 Å². The molecule has 5 heteroatoms. The normalized spacial score (nSPS) is 10.6. The van der Waals surface area contributed by atoms with Crippen LogP contribution in [0.3, 0.4) is 0 Å². The number of esters is 1. The molecule has 0 atom stereocenters. The van der Waals surface area contributed by atoms with Crippen molar-refractivity contribution in [3.05, 3.63) is 75.6 Å². The molecule has 5 nitrogen and oxygen atoms in total. The summed E-state index contributed by atoms with van der Waals surface area (Å²) in [5.74, 6) is -0.0956. The molecule has 0 saturated heterocycles. The van der Waals surface area contributed by atoms with Crippen LogP contribution in [0.1, 0.15) is 21.5 Å². The average molecular weight is 323 g/mol. The summed E-state index contributed by atoms with van der Waals surface area (Å²) in [7, 11) is 1.49. The minimum absolute atomic E-state index is 0.101. The van der Waals surface area contributed by atoms with Crippen molar-refractivity contribution in [2.45, 2.75) is 13.5 Å². The average Bonchev–Trinajstić information content (AvgIpc) is 2.60. The second-order valence-corrected chi connectivity index (χ2v) is 5.44. The molecule has 1 N–H and O–H groups in total. The van der Waals surface area contributed by atoms with Gasteiger partial charge in [0.1, 0.15) is 17.9 Å². The van der Waals surface area contributed by atoms with Gasteiger partial charge in [0.25, 0.3) is 5.56 Å². The van der Waals surface area contributed by atoms with Crippen molar-refractivity contribution in [2.24, 2.45) is 0 Å². The molecule has 0 aliphatic rings. The molecular formula is C19H17NO4. The Hall–Kier alpha value is -3.08. The first-order valence-corrected chi connectivity index (χ1v) is 7.52. The summed E-state index contributed by atoms with van der Waals surface area (Å²) in [6.45, 7) is 1.83. The van der Waals surface area contributed by atoms with E-state index in [0.717, 1.165) is 16.5 Å². The molecule has 122 valence electrons. The fraction of sp³-hybridized carbons (Fsp3) is 0.158. The van der Waals surface area contributed by atoms with Crippen LogP contribution in [-0.4, -0.2) is 18.1 Å². The Labute approximate surface area is 138 Å². The Morgan fingerprint density at radius 2 is 1.92 bits per heavy atom. The van der Waals surface area contributed by atoms with E-state index in [4.69, 9.17) is 9.47 Å². The predicted molar refractivity (Wildman–Crippen MR) is 91.4 cm³/mol. The molecule has 0 bridgehead atoms. The summed E-state index contributed by atoms with van der Waals surface area (Å²) in [6, 6.07) is 14.3. The smallest absolute Gasteiger partial charge is 0.342 e. The lowest BCUT2D eigenvalue weighted by molar-refractivity contribution is 0.0468. The molecule has 0 fully saturated rings. The van der Waals surface area contributed by atoms with Crippen LogP contribution in [0.4, 0.5) is 0 Å². The molecule has 0 aliphatic heterocycles. The number of aromatic nitrogens is 1. The molecule has 1 heterocycles. The lowest BCUT2D eigenvalue weighted by atomic mass is 10.1. The second kappa shape index (κ2) is 6.58. The number of hydrogen-bond donors (Lipinski definition) is 1. The van der Waals surface area contributed by atoms with Crippen molar-refractivity contribution in [1.29, 1.82) is 0 Å². The van der Waals surface area contributed by atoms with Gasteiger partial charge in [-0.25, -0.2) is 4.79 Å². The standard InChI is InChI=1S/C19H17NO4/c1-12-6-5-7-13-10-14(18(21)20-17(12)13)11-24-19(22)15-8-3-4-9-16(15)23-2/h3-10H,11H2,1-2H3,(H,20,21). The predicted octanol–water partition coefficient (Wildman–Crippen LogP) is 3.20. The van der Waals surface area contributed by atoms with Crippen molar-refractivity contribution >= 4 is 16.9 Å². The number of fused-ring (bicyclic) bond motifs is 1. The first kappa shape index (κ1) is 15.8. The van der Waals surface area contributed by atoms with E-state index < -0.39 is 5.97 Å². The fourth-order valence-electron chi connectivity index (χ4n) is 2.57. The number of carbonyl (C=O) groups is 1. The second-order valence-electron chi connectivity index (χ2n) is 5.44. The van der Waals surface area contributed by atoms with Gasteiger partial charge in [0.05, 0.1) is 18.2 Å². The van der Waals surface area contributed by atoms with Crippen LogP contribution in [0.5, 0.6) is 5.75 Å². The maximum absolute atomic E-state index is 12.2. The summed E-state index contributed by atoms with van der Waals surface area (Å²) in [6.07, 6.45) is 0. The number of para-hydroxylation sites is 2. The van der Waals surface area contributed by atoms with E-state index in [9.17, 15) is 9.59 Å². The summed E-state index contributed by atoms with van der Waals surface area (Å²) in [5.41, 5.74) is 2.25. The molecule has 0 amide bonds. The number of H-pyrrole nitrogens is 1. The van der Waals surface area contributed by atoms with Crippen molar-refractivity contribution in [1.82, 2.24) is 4.98 Å². The van der Waals surface area contributed by atoms with Gasteiger partial charge in [-0.1, -0.05) is 30.3 Å². The minimum atomic E-state index is -0.531. The van der Waals surface area contributed by atoms with E-state index in [1.165, 1.54) is 7.11 Å². The van der Waals surface area contributed by atoms with Crippen LogP contribution in [0.15, 0.2) is 53.3 Å². The molecular weight excluding hydrogens is 306 g/mol. The van der Waals surface area contributed by atoms with Crippen LogP contribution in [0, 0.1) is 6.92 Å². The summed E-state index contributed by atoms with van der Waals surface area (Å²) < 4.78 is 10.4. The van der Waals surface area contributed by atoms with Crippen LogP contribution >= 0.6 is 0 Å². The summed E-state index contributed by atoms with van der Waals surface area (Å²) in [5, 5.41) is 0.901. The van der Waals surface area contributed by atoms with Gasteiger partial charge >= 0.3 is 5.97 Å². The molecule has 3 rings (SSSR count). The van der Waals surface area contributed by atoms with Gasteiger partial charge in [-0.3, -0.25) is 4.79 Å². The molecule has 0 unspecified atom stereocenters. The van der Waals surface area contributed by atoms with E-state index in [1.54, 1.807) is 30.3 Å². The number of nitrogens with one attached hydrogen (secondary N) is 1.